The van der Waals surface area contributed by atoms with Gasteiger partial charge in [0.1, 0.15) is 0 Å². The zero-order valence-electron chi connectivity index (χ0n) is 6.96. The van der Waals surface area contributed by atoms with Gasteiger partial charge in [0.2, 0.25) is 0 Å². The van der Waals surface area contributed by atoms with Gasteiger partial charge in [-0.1, -0.05) is 0 Å². The van der Waals surface area contributed by atoms with Gasteiger partial charge in [-0.3, -0.25) is 0 Å². The van der Waals surface area contributed by atoms with Crippen molar-refractivity contribution in [1.29, 1.82) is 0 Å². The van der Waals surface area contributed by atoms with Crippen molar-refractivity contribution in [3.63, 3.8) is 0 Å². The summed E-state index contributed by atoms with van der Waals surface area (Å²) in [6.07, 6.45) is 1.77. The molecule has 0 aromatic heterocycles. The number of halogens is 2. The Morgan fingerprint density at radius 1 is 1.00 bits per heavy atom. The van der Waals surface area contributed by atoms with Crippen molar-refractivity contribution >= 4 is 36.7 Å². The van der Waals surface area contributed by atoms with Gasteiger partial charge < -0.3 is 0 Å². The summed E-state index contributed by atoms with van der Waals surface area (Å²) in [5.74, 6) is 0. The molecule has 2 aliphatic rings. The van der Waals surface area contributed by atoms with Crippen LogP contribution in [-0.2, 0) is 7.64 Å². The second kappa shape index (κ2) is 3.93. The molecule has 74 valence electrons. The van der Waals surface area contributed by atoms with Crippen LogP contribution in [0.5, 0.6) is 0 Å². The monoisotopic (exact) mass is 288 g/mol. The van der Waals surface area contributed by atoms with Gasteiger partial charge in [-0.15, -0.1) is 0 Å². The summed E-state index contributed by atoms with van der Waals surface area (Å²) < 4.78 is 13.7. The topological polar surface area (TPSA) is 18.5 Å². The van der Waals surface area contributed by atoms with E-state index < -0.39 is 13.5 Å². The van der Waals surface area contributed by atoms with E-state index in [1.807, 2.05) is 0 Å². The number of hydrogen-bond donors (Lipinski definition) is 0. The van der Waals surface area contributed by atoms with E-state index in [1.54, 1.807) is 11.1 Å². The van der Waals surface area contributed by atoms with Crippen LogP contribution in [0.2, 0.25) is 0 Å². The molecule has 13 heavy (non-hydrogen) atoms. The first kappa shape index (κ1) is 10.0. The molecule has 2 rings (SSSR count). The maximum atomic E-state index is 5.75. The second-order valence-electron chi connectivity index (χ2n) is 2.80. The normalized spacial score (nSPS) is 34.9. The van der Waals surface area contributed by atoms with Crippen LogP contribution in [0.1, 0.15) is 12.8 Å². The molecule has 1 spiro atoms. The summed E-state index contributed by atoms with van der Waals surface area (Å²) in [4.78, 5) is 0. The number of rotatable bonds is 0. The molecule has 2 fully saturated rings. The van der Waals surface area contributed by atoms with Crippen molar-refractivity contribution in [2.75, 3.05) is 13.2 Å². The Morgan fingerprint density at radius 3 is 1.85 bits per heavy atom. The summed E-state index contributed by atoms with van der Waals surface area (Å²) in [5.41, 5.74) is 3.22. The SMILES string of the molecule is Cl/C=C1/CCO[Se]12OCC/C2=C/Cl. The summed E-state index contributed by atoms with van der Waals surface area (Å²) >= 11 is 9.03. The summed E-state index contributed by atoms with van der Waals surface area (Å²) in [5, 5.41) is 0. The van der Waals surface area contributed by atoms with Gasteiger partial charge >= 0.3 is 90.4 Å². The van der Waals surface area contributed by atoms with Crippen LogP contribution in [0.15, 0.2) is 20.0 Å². The van der Waals surface area contributed by atoms with Crippen molar-refractivity contribution in [3.8, 4) is 0 Å². The van der Waals surface area contributed by atoms with Gasteiger partial charge in [0.15, 0.2) is 0 Å². The molecule has 0 bridgehead atoms. The quantitative estimate of drug-likeness (QED) is 0.638. The molecule has 0 N–H and O–H groups in total. The van der Waals surface area contributed by atoms with Crippen LogP contribution in [0.4, 0.5) is 0 Å². The first-order chi connectivity index (χ1) is 6.33. The standard InChI is InChI=1S/C8H10Cl2O2Se/c9-5-7-1-3-11-13(7)8(6-10)2-4-12-13/h5-6H,1-4H2/b7-5-,8-6-. The maximum absolute atomic E-state index is 5.75. The third-order valence-electron chi connectivity index (χ3n) is 2.13. The molecule has 2 nitrogen and oxygen atoms in total. The van der Waals surface area contributed by atoms with E-state index in [2.05, 4.69) is 0 Å². The molecular formula is C8H10Cl2O2Se. The first-order valence-electron chi connectivity index (χ1n) is 4.04. The fourth-order valence-electron chi connectivity index (χ4n) is 1.52. The molecule has 5 heteroatoms. The number of hydrogen-bond acceptors (Lipinski definition) is 2. The van der Waals surface area contributed by atoms with Crippen LogP contribution < -0.4 is 0 Å². The Labute approximate surface area is 90.4 Å². The third kappa shape index (κ3) is 1.48. The molecule has 2 aliphatic heterocycles. The van der Waals surface area contributed by atoms with Gasteiger partial charge in [0.05, 0.1) is 0 Å². The fraction of sp³-hybridized carbons (Fsp3) is 0.500. The molecule has 0 unspecified atom stereocenters. The minimum absolute atomic E-state index is 0.715. The zero-order valence-corrected chi connectivity index (χ0v) is 10.2. The Hall–Kier alpha value is 0.499. The molecule has 2 heterocycles. The van der Waals surface area contributed by atoms with Crippen molar-refractivity contribution in [3.05, 3.63) is 20.0 Å². The molecular weight excluding hydrogens is 278 g/mol. The molecule has 0 atom stereocenters. The van der Waals surface area contributed by atoms with Gasteiger partial charge in [0, 0.05) is 0 Å². The predicted octanol–water partition coefficient (Wildman–Crippen LogP) is 2.59. The third-order valence-corrected chi connectivity index (χ3v) is 9.58. The predicted molar refractivity (Wildman–Crippen MR) is 54.8 cm³/mol. The van der Waals surface area contributed by atoms with Gasteiger partial charge in [-0.05, 0) is 0 Å². The van der Waals surface area contributed by atoms with E-state index >= 15 is 0 Å². The second-order valence-corrected chi connectivity index (χ2v) is 8.54. The van der Waals surface area contributed by atoms with Crippen LogP contribution in [0.25, 0.3) is 0 Å². The van der Waals surface area contributed by atoms with Crippen molar-refractivity contribution in [1.82, 2.24) is 0 Å². The van der Waals surface area contributed by atoms with E-state index in [0.717, 1.165) is 21.8 Å². The minimum atomic E-state index is -2.46. The summed E-state index contributed by atoms with van der Waals surface area (Å²) in [6.45, 7) is 1.43. The van der Waals surface area contributed by atoms with Gasteiger partial charge in [-0.2, -0.15) is 0 Å². The molecule has 0 aromatic carbocycles. The Kier molecular flexibility index (Phi) is 3.04. The van der Waals surface area contributed by atoms with Gasteiger partial charge in [0.25, 0.3) is 0 Å². The van der Waals surface area contributed by atoms with E-state index in [1.165, 1.54) is 0 Å². The Balaban J connectivity index is 2.38. The summed E-state index contributed by atoms with van der Waals surface area (Å²) in [6, 6.07) is 0. The zero-order chi connectivity index (χ0) is 9.31. The van der Waals surface area contributed by atoms with Crippen LogP contribution in [0, 0.1) is 0 Å². The van der Waals surface area contributed by atoms with E-state index in [4.69, 9.17) is 30.8 Å². The summed E-state index contributed by atoms with van der Waals surface area (Å²) in [7, 11) is 0. The molecule has 0 aromatic rings. The van der Waals surface area contributed by atoms with Crippen molar-refractivity contribution < 1.29 is 7.64 Å². The van der Waals surface area contributed by atoms with E-state index in [9.17, 15) is 0 Å². The van der Waals surface area contributed by atoms with E-state index in [-0.39, 0.29) is 0 Å². The molecule has 0 radical (unpaired) electrons. The Bertz CT molecular complexity index is 247. The average molecular weight is 288 g/mol. The average Bonchev–Trinajstić information content (AvgIpc) is 2.74. The molecule has 0 aliphatic carbocycles. The fourth-order valence-corrected chi connectivity index (χ4v) is 8.38. The van der Waals surface area contributed by atoms with Crippen molar-refractivity contribution in [2.45, 2.75) is 12.8 Å². The molecule has 0 saturated carbocycles. The van der Waals surface area contributed by atoms with Crippen molar-refractivity contribution in [2.24, 2.45) is 0 Å². The van der Waals surface area contributed by atoms with Gasteiger partial charge in [-0.25, -0.2) is 0 Å². The first-order valence-corrected chi connectivity index (χ1v) is 8.02. The Morgan fingerprint density at radius 2 is 1.46 bits per heavy atom. The van der Waals surface area contributed by atoms with E-state index in [0.29, 0.717) is 13.2 Å². The van der Waals surface area contributed by atoms with Crippen LogP contribution in [0.3, 0.4) is 0 Å². The van der Waals surface area contributed by atoms with Crippen LogP contribution in [-0.4, -0.2) is 26.7 Å². The molecule has 2 saturated heterocycles. The van der Waals surface area contributed by atoms with Crippen LogP contribution >= 0.6 is 23.2 Å². The molecule has 0 amide bonds.